The van der Waals surface area contributed by atoms with Crippen molar-refractivity contribution in [2.75, 3.05) is 6.61 Å². The molecule has 9 heavy (non-hydrogen) atoms. The monoisotopic (exact) mass is 124 g/mol. The Morgan fingerprint density at radius 2 is 2.44 bits per heavy atom. The van der Waals surface area contributed by atoms with E-state index in [-0.39, 0.29) is 0 Å². The van der Waals surface area contributed by atoms with Crippen molar-refractivity contribution < 1.29 is 4.74 Å². The molecular weight excluding hydrogens is 112 g/mol. The zero-order chi connectivity index (χ0) is 6.10. The molecule has 1 aliphatic heterocycles. The van der Waals surface area contributed by atoms with E-state index in [9.17, 15) is 0 Å². The fourth-order valence-electron chi connectivity index (χ4n) is 1.72. The van der Waals surface area contributed by atoms with Crippen LogP contribution in [0.15, 0.2) is 11.8 Å². The van der Waals surface area contributed by atoms with E-state index < -0.39 is 0 Å². The quantitative estimate of drug-likeness (QED) is 0.480. The molecule has 1 heterocycles. The van der Waals surface area contributed by atoms with Crippen LogP contribution in [0.4, 0.5) is 0 Å². The van der Waals surface area contributed by atoms with Gasteiger partial charge in [0.15, 0.2) is 0 Å². The van der Waals surface area contributed by atoms with Gasteiger partial charge in [-0.05, 0) is 31.8 Å². The third-order valence-electron chi connectivity index (χ3n) is 2.23. The van der Waals surface area contributed by atoms with Crippen LogP contribution in [0, 0.1) is 5.92 Å². The number of hydrogen-bond donors (Lipinski definition) is 0. The third-order valence-corrected chi connectivity index (χ3v) is 2.23. The van der Waals surface area contributed by atoms with Gasteiger partial charge in [0.2, 0.25) is 0 Å². The summed E-state index contributed by atoms with van der Waals surface area (Å²) >= 11 is 0. The molecule has 0 amide bonds. The van der Waals surface area contributed by atoms with Gasteiger partial charge in [-0.2, -0.15) is 0 Å². The first-order chi connectivity index (χ1) is 4.47. The zero-order valence-electron chi connectivity index (χ0n) is 5.60. The van der Waals surface area contributed by atoms with Gasteiger partial charge in [0, 0.05) is 5.92 Å². The first-order valence-corrected chi connectivity index (χ1v) is 3.79. The van der Waals surface area contributed by atoms with Crippen LogP contribution in [0.3, 0.4) is 0 Å². The van der Waals surface area contributed by atoms with Crippen molar-refractivity contribution in [1.82, 2.24) is 0 Å². The molecule has 0 saturated carbocycles. The summed E-state index contributed by atoms with van der Waals surface area (Å²) < 4.78 is 5.46. The average Bonchev–Trinajstić information content (AvgIpc) is 2.33. The predicted octanol–water partition coefficient (Wildman–Crippen LogP) is 2.09. The van der Waals surface area contributed by atoms with Gasteiger partial charge in [0.1, 0.15) is 0 Å². The summed E-state index contributed by atoms with van der Waals surface area (Å²) in [5.74, 6) is 2.10. The van der Waals surface area contributed by atoms with Crippen LogP contribution in [-0.4, -0.2) is 6.61 Å². The molecule has 1 heteroatoms. The first-order valence-electron chi connectivity index (χ1n) is 3.79. The summed E-state index contributed by atoms with van der Waals surface area (Å²) in [5.41, 5.74) is 0. The lowest BCUT2D eigenvalue weighted by Crippen LogP contribution is -2.11. The van der Waals surface area contributed by atoms with E-state index in [2.05, 4.69) is 6.08 Å². The van der Waals surface area contributed by atoms with E-state index in [1.165, 1.54) is 31.4 Å². The standard InChI is InChI=1S/C8H12O/c1-3-7-4-2-6-9-8(7)5-1/h5,7H,1-4,6H2. The summed E-state index contributed by atoms with van der Waals surface area (Å²) in [7, 11) is 0. The molecule has 0 aromatic rings. The van der Waals surface area contributed by atoms with Gasteiger partial charge in [-0.25, -0.2) is 0 Å². The molecule has 1 aliphatic carbocycles. The van der Waals surface area contributed by atoms with Crippen molar-refractivity contribution in [1.29, 1.82) is 0 Å². The molecule has 2 aliphatic rings. The maximum absolute atomic E-state index is 5.46. The SMILES string of the molecule is C1=C2OCCCC2CC1. The summed E-state index contributed by atoms with van der Waals surface area (Å²) in [4.78, 5) is 0. The Morgan fingerprint density at radius 1 is 1.44 bits per heavy atom. The lowest BCUT2D eigenvalue weighted by atomic mass is 10.00. The second kappa shape index (κ2) is 2.05. The van der Waals surface area contributed by atoms with Crippen molar-refractivity contribution in [2.45, 2.75) is 25.7 Å². The minimum atomic E-state index is 0.804. The smallest absolute Gasteiger partial charge is 0.0950 e. The van der Waals surface area contributed by atoms with Gasteiger partial charge in [-0.15, -0.1) is 0 Å². The lowest BCUT2D eigenvalue weighted by molar-refractivity contribution is 0.134. The van der Waals surface area contributed by atoms with Gasteiger partial charge in [-0.1, -0.05) is 0 Å². The van der Waals surface area contributed by atoms with E-state index >= 15 is 0 Å². The topological polar surface area (TPSA) is 9.23 Å². The lowest BCUT2D eigenvalue weighted by Gasteiger charge is -2.21. The molecule has 1 saturated heterocycles. The molecule has 1 unspecified atom stereocenters. The highest BCUT2D eigenvalue weighted by atomic mass is 16.5. The van der Waals surface area contributed by atoms with Crippen molar-refractivity contribution in [3.8, 4) is 0 Å². The maximum atomic E-state index is 5.46. The molecule has 1 atom stereocenters. The minimum absolute atomic E-state index is 0.804. The van der Waals surface area contributed by atoms with E-state index in [0.29, 0.717) is 0 Å². The van der Waals surface area contributed by atoms with Gasteiger partial charge in [0.05, 0.1) is 12.4 Å². The average molecular weight is 124 g/mol. The molecule has 2 rings (SSSR count). The van der Waals surface area contributed by atoms with Crippen molar-refractivity contribution in [2.24, 2.45) is 5.92 Å². The second-order valence-electron chi connectivity index (χ2n) is 2.87. The third kappa shape index (κ3) is 0.846. The van der Waals surface area contributed by atoms with Crippen LogP contribution in [-0.2, 0) is 4.74 Å². The number of fused-ring (bicyclic) bond motifs is 1. The molecule has 0 bridgehead atoms. The number of ether oxygens (including phenoxy) is 1. The molecule has 0 aromatic heterocycles. The highest BCUT2D eigenvalue weighted by molar-refractivity contribution is 5.06. The predicted molar refractivity (Wildman–Crippen MR) is 36.0 cm³/mol. The van der Waals surface area contributed by atoms with Crippen LogP contribution in [0.5, 0.6) is 0 Å². The van der Waals surface area contributed by atoms with E-state index in [4.69, 9.17) is 4.74 Å². The zero-order valence-corrected chi connectivity index (χ0v) is 5.60. The van der Waals surface area contributed by atoms with Gasteiger partial charge < -0.3 is 4.74 Å². The van der Waals surface area contributed by atoms with E-state index in [0.717, 1.165) is 12.5 Å². The Kier molecular flexibility index (Phi) is 1.22. The van der Waals surface area contributed by atoms with Crippen molar-refractivity contribution in [3.05, 3.63) is 11.8 Å². The normalized spacial score (nSPS) is 32.9. The van der Waals surface area contributed by atoms with Gasteiger partial charge in [-0.3, -0.25) is 0 Å². The number of allylic oxidation sites excluding steroid dienone is 2. The molecule has 1 nitrogen and oxygen atoms in total. The Hall–Kier alpha value is -0.460. The molecule has 50 valence electrons. The van der Waals surface area contributed by atoms with Crippen LogP contribution in [0.2, 0.25) is 0 Å². The molecular formula is C8H12O. The van der Waals surface area contributed by atoms with E-state index in [1.54, 1.807) is 0 Å². The maximum Gasteiger partial charge on any atom is 0.0950 e. The summed E-state index contributed by atoms with van der Waals surface area (Å²) in [6.45, 7) is 0.961. The fourth-order valence-corrected chi connectivity index (χ4v) is 1.72. The summed E-state index contributed by atoms with van der Waals surface area (Å²) in [5, 5.41) is 0. The van der Waals surface area contributed by atoms with Gasteiger partial charge >= 0.3 is 0 Å². The minimum Gasteiger partial charge on any atom is -0.498 e. The summed E-state index contributed by atoms with van der Waals surface area (Å²) in [6.07, 6.45) is 7.48. The van der Waals surface area contributed by atoms with E-state index in [1.807, 2.05) is 0 Å². The second-order valence-corrected chi connectivity index (χ2v) is 2.87. The fraction of sp³-hybridized carbons (Fsp3) is 0.750. The largest absolute Gasteiger partial charge is 0.498 e. The van der Waals surface area contributed by atoms with Crippen LogP contribution < -0.4 is 0 Å². The Balaban J connectivity index is 2.09. The molecule has 1 fully saturated rings. The highest BCUT2D eigenvalue weighted by Crippen LogP contribution is 2.33. The van der Waals surface area contributed by atoms with Crippen LogP contribution in [0.25, 0.3) is 0 Å². The molecule has 0 aromatic carbocycles. The Labute approximate surface area is 55.7 Å². The molecule has 0 N–H and O–H groups in total. The van der Waals surface area contributed by atoms with Crippen molar-refractivity contribution >= 4 is 0 Å². The highest BCUT2D eigenvalue weighted by Gasteiger charge is 2.23. The van der Waals surface area contributed by atoms with Crippen LogP contribution in [0.1, 0.15) is 25.7 Å². The van der Waals surface area contributed by atoms with Gasteiger partial charge in [0.25, 0.3) is 0 Å². The van der Waals surface area contributed by atoms with Crippen LogP contribution >= 0.6 is 0 Å². The summed E-state index contributed by atoms with van der Waals surface area (Å²) in [6, 6.07) is 0. The van der Waals surface area contributed by atoms with Crippen molar-refractivity contribution in [3.63, 3.8) is 0 Å². The number of rotatable bonds is 0. The first kappa shape index (κ1) is 5.33. The Morgan fingerprint density at radius 3 is 3.33 bits per heavy atom. The Bertz CT molecular complexity index is 138. The molecule has 0 radical (unpaired) electrons. The number of hydrogen-bond acceptors (Lipinski definition) is 1. The molecule has 0 spiro atoms.